The van der Waals surface area contributed by atoms with Gasteiger partial charge in [-0.3, -0.25) is 4.79 Å². The number of pyridine rings is 1. The normalized spacial score (nSPS) is 10.2. The Morgan fingerprint density at radius 3 is 2.71 bits per heavy atom. The molecule has 2 aromatic rings. The number of anilines is 2. The lowest BCUT2D eigenvalue weighted by Crippen LogP contribution is -2.07. The molecule has 0 aliphatic carbocycles. The summed E-state index contributed by atoms with van der Waals surface area (Å²) in [5.41, 5.74) is 13.7. The Morgan fingerprint density at radius 2 is 2.00 bits per heavy atom. The van der Waals surface area contributed by atoms with Crippen LogP contribution in [0.1, 0.15) is 21.5 Å². The van der Waals surface area contributed by atoms with Crippen LogP contribution in [0, 0.1) is 6.92 Å². The minimum Gasteiger partial charge on any atom is -0.399 e. The summed E-state index contributed by atoms with van der Waals surface area (Å²) in [5, 5.41) is 0. The van der Waals surface area contributed by atoms with Gasteiger partial charge in [0.15, 0.2) is 5.78 Å². The van der Waals surface area contributed by atoms with Crippen LogP contribution in [0.25, 0.3) is 0 Å². The molecule has 0 aliphatic heterocycles. The van der Waals surface area contributed by atoms with Crippen LogP contribution in [0.2, 0.25) is 0 Å². The van der Waals surface area contributed by atoms with E-state index in [2.05, 4.69) is 4.98 Å². The summed E-state index contributed by atoms with van der Waals surface area (Å²) in [4.78, 5) is 16.2. The molecule has 0 spiro atoms. The lowest BCUT2D eigenvalue weighted by Gasteiger charge is -2.05. The molecular weight excluding hydrogens is 214 g/mol. The number of nitrogen functional groups attached to an aromatic ring is 2. The highest BCUT2D eigenvalue weighted by atomic mass is 16.1. The quantitative estimate of drug-likeness (QED) is 0.605. The second kappa shape index (κ2) is 4.25. The molecule has 0 aliphatic rings. The second-order valence-corrected chi connectivity index (χ2v) is 3.90. The molecule has 0 amide bonds. The molecular formula is C13H13N3O. The van der Waals surface area contributed by atoms with Gasteiger partial charge in [-0.1, -0.05) is 12.1 Å². The summed E-state index contributed by atoms with van der Waals surface area (Å²) in [7, 11) is 0. The van der Waals surface area contributed by atoms with Gasteiger partial charge >= 0.3 is 0 Å². The van der Waals surface area contributed by atoms with Gasteiger partial charge in [-0.15, -0.1) is 0 Å². The van der Waals surface area contributed by atoms with Crippen LogP contribution in [0.5, 0.6) is 0 Å². The number of aromatic nitrogens is 1. The predicted octanol–water partition coefficient (Wildman–Crippen LogP) is 1.79. The van der Waals surface area contributed by atoms with E-state index < -0.39 is 0 Å². The molecule has 86 valence electrons. The zero-order valence-corrected chi connectivity index (χ0v) is 9.47. The third kappa shape index (κ3) is 2.25. The first-order valence-corrected chi connectivity index (χ1v) is 5.20. The number of hydrogen-bond acceptors (Lipinski definition) is 4. The molecule has 0 saturated carbocycles. The number of benzene rings is 1. The van der Waals surface area contributed by atoms with Crippen LogP contribution in [0.4, 0.5) is 11.5 Å². The summed E-state index contributed by atoms with van der Waals surface area (Å²) in [5.74, 6) is 0.0778. The topological polar surface area (TPSA) is 82.0 Å². The molecule has 0 saturated heterocycles. The highest BCUT2D eigenvalue weighted by molar-refractivity contribution is 6.12. The van der Waals surface area contributed by atoms with E-state index in [-0.39, 0.29) is 11.6 Å². The van der Waals surface area contributed by atoms with Gasteiger partial charge in [0.1, 0.15) is 5.82 Å². The minimum atomic E-state index is -0.161. The molecule has 0 fully saturated rings. The van der Waals surface area contributed by atoms with E-state index in [1.807, 2.05) is 6.92 Å². The number of rotatable bonds is 2. The summed E-state index contributed by atoms with van der Waals surface area (Å²) < 4.78 is 0. The van der Waals surface area contributed by atoms with E-state index in [1.165, 1.54) is 0 Å². The van der Waals surface area contributed by atoms with Gasteiger partial charge < -0.3 is 11.5 Å². The van der Waals surface area contributed by atoms with Crippen LogP contribution in [-0.4, -0.2) is 10.8 Å². The Labute approximate surface area is 99.3 Å². The Hall–Kier alpha value is -2.36. The molecule has 1 aromatic heterocycles. The van der Waals surface area contributed by atoms with Crippen molar-refractivity contribution in [2.45, 2.75) is 6.92 Å². The van der Waals surface area contributed by atoms with Crippen molar-refractivity contribution >= 4 is 17.3 Å². The molecule has 4 nitrogen and oxygen atoms in total. The maximum Gasteiger partial charge on any atom is 0.196 e. The minimum absolute atomic E-state index is 0.161. The van der Waals surface area contributed by atoms with Gasteiger partial charge in [-0.05, 0) is 30.7 Å². The number of ketones is 1. The van der Waals surface area contributed by atoms with Crippen LogP contribution < -0.4 is 11.5 Å². The summed E-state index contributed by atoms with van der Waals surface area (Å²) in [6.07, 6.45) is 1.63. The van der Waals surface area contributed by atoms with E-state index in [4.69, 9.17) is 11.5 Å². The molecule has 1 aromatic carbocycles. The molecule has 0 atom stereocenters. The Balaban J connectivity index is 2.47. The number of carbonyl (C=O) groups is 1. The van der Waals surface area contributed by atoms with E-state index in [0.717, 1.165) is 5.56 Å². The monoisotopic (exact) mass is 227 g/mol. The highest BCUT2D eigenvalue weighted by Crippen LogP contribution is 2.17. The Morgan fingerprint density at radius 1 is 1.24 bits per heavy atom. The molecule has 0 radical (unpaired) electrons. The fourth-order valence-electron chi connectivity index (χ4n) is 1.60. The number of carbonyl (C=O) groups excluding carboxylic acids is 1. The summed E-state index contributed by atoms with van der Waals surface area (Å²) in [6, 6.07) is 8.54. The van der Waals surface area contributed by atoms with Gasteiger partial charge in [0.05, 0.1) is 5.56 Å². The largest absolute Gasteiger partial charge is 0.399 e. The van der Waals surface area contributed by atoms with Gasteiger partial charge in [0, 0.05) is 17.4 Å². The predicted molar refractivity (Wildman–Crippen MR) is 67.7 cm³/mol. The van der Waals surface area contributed by atoms with Crippen molar-refractivity contribution in [2.24, 2.45) is 0 Å². The Kier molecular flexibility index (Phi) is 2.78. The first-order chi connectivity index (χ1) is 8.08. The first kappa shape index (κ1) is 11.1. The zero-order valence-electron chi connectivity index (χ0n) is 9.47. The lowest BCUT2D eigenvalue weighted by atomic mass is 10.0. The van der Waals surface area contributed by atoms with Crippen molar-refractivity contribution in [3.63, 3.8) is 0 Å². The fraction of sp³-hybridized carbons (Fsp3) is 0.0769. The number of aryl methyl sites for hydroxylation is 1. The van der Waals surface area contributed by atoms with E-state index in [9.17, 15) is 4.79 Å². The molecule has 4 N–H and O–H groups in total. The van der Waals surface area contributed by atoms with Crippen molar-refractivity contribution in [1.82, 2.24) is 4.98 Å². The molecule has 2 rings (SSSR count). The summed E-state index contributed by atoms with van der Waals surface area (Å²) >= 11 is 0. The molecule has 0 bridgehead atoms. The maximum absolute atomic E-state index is 12.2. The van der Waals surface area contributed by atoms with Gasteiger partial charge in [0.2, 0.25) is 0 Å². The second-order valence-electron chi connectivity index (χ2n) is 3.90. The average Bonchev–Trinajstić information content (AvgIpc) is 2.31. The van der Waals surface area contributed by atoms with Crippen LogP contribution in [0.15, 0.2) is 36.5 Å². The summed E-state index contributed by atoms with van der Waals surface area (Å²) in [6.45, 7) is 1.86. The zero-order chi connectivity index (χ0) is 12.4. The van der Waals surface area contributed by atoms with Crippen molar-refractivity contribution in [1.29, 1.82) is 0 Å². The molecule has 4 heteroatoms. The SMILES string of the molecule is Cc1cnc(N)c(C(=O)c2cccc(N)c2)c1. The van der Waals surface area contributed by atoms with Crippen molar-refractivity contribution in [3.05, 3.63) is 53.2 Å². The van der Waals surface area contributed by atoms with Crippen LogP contribution >= 0.6 is 0 Å². The first-order valence-electron chi connectivity index (χ1n) is 5.20. The molecule has 1 heterocycles. The molecule has 17 heavy (non-hydrogen) atoms. The lowest BCUT2D eigenvalue weighted by molar-refractivity contribution is 0.103. The highest BCUT2D eigenvalue weighted by Gasteiger charge is 2.13. The van der Waals surface area contributed by atoms with Crippen LogP contribution in [-0.2, 0) is 0 Å². The van der Waals surface area contributed by atoms with Crippen molar-refractivity contribution in [2.75, 3.05) is 11.5 Å². The van der Waals surface area contributed by atoms with Crippen LogP contribution in [0.3, 0.4) is 0 Å². The van der Waals surface area contributed by atoms with E-state index in [0.29, 0.717) is 16.8 Å². The molecule has 0 unspecified atom stereocenters. The standard InChI is InChI=1S/C13H13N3O/c1-8-5-11(13(15)16-7-8)12(17)9-3-2-4-10(14)6-9/h2-7H,14H2,1H3,(H2,15,16). The van der Waals surface area contributed by atoms with Gasteiger partial charge in [-0.2, -0.15) is 0 Å². The van der Waals surface area contributed by atoms with E-state index in [1.54, 1.807) is 36.5 Å². The Bertz CT molecular complexity index is 579. The number of nitrogens with zero attached hydrogens (tertiary/aromatic N) is 1. The number of nitrogens with two attached hydrogens (primary N) is 2. The average molecular weight is 227 g/mol. The maximum atomic E-state index is 12.2. The number of hydrogen-bond donors (Lipinski definition) is 2. The third-order valence-corrected chi connectivity index (χ3v) is 2.45. The third-order valence-electron chi connectivity index (χ3n) is 2.45. The smallest absolute Gasteiger partial charge is 0.196 e. The van der Waals surface area contributed by atoms with Gasteiger partial charge in [0.25, 0.3) is 0 Å². The van der Waals surface area contributed by atoms with E-state index >= 15 is 0 Å². The van der Waals surface area contributed by atoms with Crippen molar-refractivity contribution < 1.29 is 4.79 Å². The fourth-order valence-corrected chi connectivity index (χ4v) is 1.60. The van der Waals surface area contributed by atoms with Crippen molar-refractivity contribution in [3.8, 4) is 0 Å². The van der Waals surface area contributed by atoms with Gasteiger partial charge in [-0.25, -0.2) is 4.98 Å².